The molecule has 21 heavy (non-hydrogen) atoms. The fourth-order valence-electron chi connectivity index (χ4n) is 3.50. The van der Waals surface area contributed by atoms with Crippen LogP contribution in [-0.4, -0.2) is 18.6 Å². The first kappa shape index (κ1) is 14.4. The van der Waals surface area contributed by atoms with Crippen LogP contribution < -0.4 is 9.64 Å². The molecule has 1 aliphatic carbocycles. The number of amides is 1. The molecule has 0 spiro atoms. The summed E-state index contributed by atoms with van der Waals surface area (Å²) in [5.41, 5.74) is 0.947. The summed E-state index contributed by atoms with van der Waals surface area (Å²) in [5.74, 6) is 1.71. The molecule has 1 unspecified atom stereocenters. The maximum atomic E-state index is 12.8. The molecule has 0 aromatic heterocycles. The van der Waals surface area contributed by atoms with Crippen molar-refractivity contribution in [2.75, 3.05) is 11.4 Å². The minimum absolute atomic E-state index is 0.121. The van der Waals surface area contributed by atoms with Gasteiger partial charge in [0.05, 0.1) is 12.2 Å². The minimum Gasteiger partial charge on any atom is -0.486 e. The van der Waals surface area contributed by atoms with Crippen molar-refractivity contribution in [3.05, 3.63) is 24.3 Å². The molecule has 1 aromatic carbocycles. The topological polar surface area (TPSA) is 29.5 Å². The summed E-state index contributed by atoms with van der Waals surface area (Å²) in [6.45, 7) is 2.81. The molecule has 1 aliphatic heterocycles. The first-order valence-corrected chi connectivity index (χ1v) is 8.34. The third kappa shape index (κ3) is 3.22. The molecular weight excluding hydrogens is 262 g/mol. The number of anilines is 1. The average Bonchev–Trinajstić information content (AvgIpc) is 2.54. The Morgan fingerprint density at radius 3 is 2.76 bits per heavy atom. The highest BCUT2D eigenvalue weighted by Gasteiger charge is 2.30. The molecule has 1 fully saturated rings. The Kier molecular flexibility index (Phi) is 4.47. The van der Waals surface area contributed by atoms with Crippen molar-refractivity contribution in [3.8, 4) is 5.75 Å². The number of carbonyl (C=O) groups is 1. The quantitative estimate of drug-likeness (QED) is 0.835. The van der Waals surface area contributed by atoms with Crippen LogP contribution in [0.5, 0.6) is 5.75 Å². The zero-order valence-electron chi connectivity index (χ0n) is 12.9. The van der Waals surface area contributed by atoms with Crippen molar-refractivity contribution >= 4 is 11.6 Å². The molecule has 0 bridgehead atoms. The van der Waals surface area contributed by atoms with Gasteiger partial charge in [0.2, 0.25) is 5.91 Å². The molecule has 3 heteroatoms. The molecule has 1 saturated carbocycles. The van der Waals surface area contributed by atoms with Crippen molar-refractivity contribution in [3.63, 3.8) is 0 Å². The van der Waals surface area contributed by atoms with Gasteiger partial charge in [0.25, 0.3) is 0 Å². The maximum absolute atomic E-state index is 12.8. The van der Waals surface area contributed by atoms with E-state index in [1.807, 2.05) is 29.2 Å². The smallest absolute Gasteiger partial charge is 0.227 e. The zero-order chi connectivity index (χ0) is 14.7. The number of rotatable bonds is 3. The van der Waals surface area contributed by atoms with Gasteiger partial charge in [-0.1, -0.05) is 38.3 Å². The Morgan fingerprint density at radius 1 is 1.24 bits per heavy atom. The van der Waals surface area contributed by atoms with E-state index in [-0.39, 0.29) is 12.0 Å². The van der Waals surface area contributed by atoms with Crippen LogP contribution in [0.1, 0.15) is 51.9 Å². The highest BCUT2D eigenvalue weighted by molar-refractivity contribution is 5.95. The molecule has 2 aliphatic rings. The molecule has 1 aromatic rings. The molecule has 1 atom stereocenters. The van der Waals surface area contributed by atoms with E-state index in [2.05, 4.69) is 6.92 Å². The molecule has 3 rings (SSSR count). The van der Waals surface area contributed by atoms with Gasteiger partial charge in [-0.05, 0) is 37.3 Å². The number of benzene rings is 1. The summed E-state index contributed by atoms with van der Waals surface area (Å²) in [7, 11) is 0. The molecule has 0 N–H and O–H groups in total. The minimum atomic E-state index is 0.121. The molecule has 1 heterocycles. The zero-order valence-corrected chi connectivity index (χ0v) is 12.9. The summed E-state index contributed by atoms with van der Waals surface area (Å²) in [6.07, 6.45) is 8.10. The fourth-order valence-corrected chi connectivity index (χ4v) is 3.50. The van der Waals surface area contributed by atoms with Crippen LogP contribution in [0, 0.1) is 5.92 Å². The Bertz CT molecular complexity index is 494. The van der Waals surface area contributed by atoms with Gasteiger partial charge >= 0.3 is 0 Å². The monoisotopic (exact) mass is 287 g/mol. The van der Waals surface area contributed by atoms with E-state index in [9.17, 15) is 4.79 Å². The number of para-hydroxylation sites is 2. The lowest BCUT2D eigenvalue weighted by atomic mass is 9.86. The SMILES string of the molecule is CCC1CN(C(=O)CC2CCCCC2)c2ccccc2O1. The van der Waals surface area contributed by atoms with Gasteiger partial charge in [-0.3, -0.25) is 4.79 Å². The maximum Gasteiger partial charge on any atom is 0.227 e. The fraction of sp³-hybridized carbons (Fsp3) is 0.611. The molecule has 0 radical (unpaired) electrons. The van der Waals surface area contributed by atoms with E-state index in [1.54, 1.807) is 0 Å². The van der Waals surface area contributed by atoms with Crippen molar-refractivity contribution in [2.45, 2.75) is 58.0 Å². The predicted octanol–water partition coefficient (Wildman–Crippen LogP) is 4.16. The lowest BCUT2D eigenvalue weighted by Gasteiger charge is -2.35. The van der Waals surface area contributed by atoms with Crippen molar-refractivity contribution in [1.29, 1.82) is 0 Å². The second kappa shape index (κ2) is 6.50. The summed E-state index contributed by atoms with van der Waals surface area (Å²) >= 11 is 0. The van der Waals surface area contributed by atoms with Gasteiger partial charge < -0.3 is 9.64 Å². The van der Waals surface area contributed by atoms with Crippen molar-refractivity contribution < 1.29 is 9.53 Å². The Labute approximate surface area is 127 Å². The first-order valence-electron chi connectivity index (χ1n) is 8.34. The largest absolute Gasteiger partial charge is 0.486 e. The summed E-state index contributed by atoms with van der Waals surface area (Å²) < 4.78 is 5.96. The van der Waals surface area contributed by atoms with Crippen LogP contribution in [0.3, 0.4) is 0 Å². The van der Waals surface area contributed by atoms with Crippen LogP contribution in [0.2, 0.25) is 0 Å². The van der Waals surface area contributed by atoms with Crippen LogP contribution in [-0.2, 0) is 4.79 Å². The summed E-state index contributed by atoms with van der Waals surface area (Å²) in [6, 6.07) is 7.92. The van der Waals surface area contributed by atoms with E-state index in [0.29, 0.717) is 18.9 Å². The second-order valence-electron chi connectivity index (χ2n) is 6.33. The number of ether oxygens (including phenoxy) is 1. The number of carbonyl (C=O) groups excluding carboxylic acids is 1. The number of fused-ring (bicyclic) bond motifs is 1. The van der Waals surface area contributed by atoms with Crippen molar-refractivity contribution in [2.24, 2.45) is 5.92 Å². The Hall–Kier alpha value is -1.51. The van der Waals surface area contributed by atoms with Crippen molar-refractivity contribution in [1.82, 2.24) is 0 Å². The third-order valence-electron chi connectivity index (χ3n) is 4.78. The molecular formula is C18H25NO2. The number of hydrogen-bond donors (Lipinski definition) is 0. The second-order valence-corrected chi connectivity index (χ2v) is 6.33. The molecule has 1 amide bonds. The predicted molar refractivity (Wildman–Crippen MR) is 84.7 cm³/mol. The number of nitrogens with zero attached hydrogens (tertiary/aromatic N) is 1. The lowest BCUT2D eigenvalue weighted by Crippen LogP contribution is -2.43. The van der Waals surface area contributed by atoms with Gasteiger partial charge in [-0.2, -0.15) is 0 Å². The third-order valence-corrected chi connectivity index (χ3v) is 4.78. The van der Waals surface area contributed by atoms with Gasteiger partial charge in [-0.25, -0.2) is 0 Å². The van der Waals surface area contributed by atoms with Gasteiger partial charge in [0.15, 0.2) is 0 Å². The standard InChI is InChI=1S/C18H25NO2/c1-2-15-13-19(16-10-6-7-11-17(16)21-15)18(20)12-14-8-4-3-5-9-14/h6-7,10-11,14-15H,2-5,8-9,12-13H2,1H3. The summed E-state index contributed by atoms with van der Waals surface area (Å²) in [4.78, 5) is 14.7. The van der Waals surface area contributed by atoms with Crippen LogP contribution in [0.4, 0.5) is 5.69 Å². The highest BCUT2D eigenvalue weighted by Crippen LogP contribution is 2.35. The van der Waals surface area contributed by atoms with Gasteiger partial charge in [-0.15, -0.1) is 0 Å². The van der Waals surface area contributed by atoms with Crippen LogP contribution in [0.15, 0.2) is 24.3 Å². The van der Waals surface area contributed by atoms with Crippen LogP contribution in [0.25, 0.3) is 0 Å². The van der Waals surface area contributed by atoms with E-state index in [1.165, 1.54) is 32.1 Å². The van der Waals surface area contributed by atoms with Crippen LogP contribution >= 0.6 is 0 Å². The Balaban J connectivity index is 1.75. The summed E-state index contributed by atoms with van der Waals surface area (Å²) in [5, 5.41) is 0. The molecule has 3 nitrogen and oxygen atoms in total. The lowest BCUT2D eigenvalue weighted by molar-refractivity contribution is -0.120. The average molecular weight is 287 g/mol. The van der Waals surface area contributed by atoms with E-state index in [4.69, 9.17) is 4.74 Å². The normalized spacial score (nSPS) is 22.5. The van der Waals surface area contributed by atoms with Gasteiger partial charge in [0.1, 0.15) is 11.9 Å². The van der Waals surface area contributed by atoms with E-state index in [0.717, 1.165) is 17.9 Å². The first-order chi connectivity index (χ1) is 10.3. The highest BCUT2D eigenvalue weighted by atomic mass is 16.5. The molecule has 114 valence electrons. The van der Waals surface area contributed by atoms with E-state index < -0.39 is 0 Å². The van der Waals surface area contributed by atoms with Gasteiger partial charge in [0, 0.05) is 6.42 Å². The Morgan fingerprint density at radius 2 is 2.00 bits per heavy atom. The molecule has 0 saturated heterocycles. The van der Waals surface area contributed by atoms with E-state index >= 15 is 0 Å². The number of hydrogen-bond acceptors (Lipinski definition) is 2.